The molecule has 2 aromatic heterocycles. The van der Waals surface area contributed by atoms with E-state index in [-0.39, 0.29) is 13.2 Å². The van der Waals surface area contributed by atoms with Gasteiger partial charge < -0.3 is 18.6 Å². The summed E-state index contributed by atoms with van der Waals surface area (Å²) < 4.78 is 14.3. The molecule has 10 heteroatoms. The fraction of sp³-hybridized carbons (Fsp3) is 0.200. The van der Waals surface area contributed by atoms with Crippen molar-refractivity contribution in [2.45, 2.75) is 32.9 Å². The predicted octanol–water partition coefficient (Wildman–Crippen LogP) is 6.05. The van der Waals surface area contributed by atoms with E-state index in [1.54, 1.807) is 48.1 Å². The van der Waals surface area contributed by atoms with Crippen LogP contribution in [0.15, 0.2) is 105 Å². The number of ether oxygens (including phenoxy) is 2. The number of carbonyl (C=O) groups excluding carboxylic acids is 2. The van der Waals surface area contributed by atoms with Gasteiger partial charge in [0.1, 0.15) is 0 Å². The van der Waals surface area contributed by atoms with Crippen molar-refractivity contribution in [3.63, 3.8) is 0 Å². The lowest BCUT2D eigenvalue weighted by Crippen LogP contribution is -2.06. The van der Waals surface area contributed by atoms with E-state index in [1.807, 2.05) is 83.9 Å². The van der Waals surface area contributed by atoms with Gasteiger partial charge in [-0.3, -0.25) is 0 Å². The van der Waals surface area contributed by atoms with E-state index >= 15 is 0 Å². The Morgan fingerprint density at radius 3 is 1.50 bits per heavy atom. The zero-order valence-electron chi connectivity index (χ0n) is 22.3. The first-order valence-electron chi connectivity index (χ1n) is 12.7. The van der Waals surface area contributed by atoms with E-state index in [4.69, 9.17) is 9.47 Å². The van der Waals surface area contributed by atoms with Gasteiger partial charge in [-0.25, -0.2) is 19.6 Å². The molecule has 40 heavy (non-hydrogen) atoms. The number of nitrogens with zero attached hydrogens (tertiary/aromatic N) is 4. The molecule has 0 fully saturated rings. The van der Waals surface area contributed by atoms with Crippen LogP contribution in [0, 0.1) is 0 Å². The first-order chi connectivity index (χ1) is 19.5. The van der Waals surface area contributed by atoms with Gasteiger partial charge in [0.15, 0.2) is 10.3 Å². The van der Waals surface area contributed by atoms with Gasteiger partial charge in [-0.15, -0.1) is 0 Å². The Morgan fingerprint density at radius 1 is 0.700 bits per heavy atom. The highest BCUT2D eigenvalue weighted by molar-refractivity contribution is 7.99. The number of hydrogen-bond donors (Lipinski definition) is 0. The monoisotopic (exact) mass is 574 g/mol. The Hall–Kier alpha value is -4.02. The van der Waals surface area contributed by atoms with Gasteiger partial charge in [0, 0.05) is 36.0 Å². The largest absolute Gasteiger partial charge is 0.463 e. The molecule has 0 aliphatic rings. The van der Waals surface area contributed by atoms with E-state index in [9.17, 15) is 9.59 Å². The summed E-state index contributed by atoms with van der Waals surface area (Å²) in [5.74, 6) is -0.862. The summed E-state index contributed by atoms with van der Waals surface area (Å²) in [5, 5.41) is 1.66. The molecule has 4 rings (SSSR count). The fourth-order valence-corrected chi connectivity index (χ4v) is 5.15. The van der Waals surface area contributed by atoms with Gasteiger partial charge in [-0.2, -0.15) is 0 Å². The van der Waals surface area contributed by atoms with Crippen molar-refractivity contribution in [2.75, 3.05) is 13.2 Å². The summed E-state index contributed by atoms with van der Waals surface area (Å²) in [6, 6.07) is 20.0. The lowest BCUT2D eigenvalue weighted by Gasteiger charge is -2.04. The highest BCUT2D eigenvalue weighted by Crippen LogP contribution is 2.27. The summed E-state index contributed by atoms with van der Waals surface area (Å²) in [6.45, 7) is 0.488. The zero-order valence-corrected chi connectivity index (χ0v) is 23.9. The third-order valence-electron chi connectivity index (χ3n) is 5.68. The van der Waals surface area contributed by atoms with E-state index < -0.39 is 11.9 Å². The van der Waals surface area contributed by atoms with Crippen LogP contribution in [0.1, 0.15) is 24.2 Å². The highest BCUT2D eigenvalue weighted by Gasteiger charge is 2.08. The van der Waals surface area contributed by atoms with Crippen LogP contribution in [0.25, 0.3) is 12.2 Å². The second-order valence-electron chi connectivity index (χ2n) is 8.59. The molecule has 206 valence electrons. The van der Waals surface area contributed by atoms with Crippen molar-refractivity contribution in [2.24, 2.45) is 14.1 Å². The number of carbonyl (C=O) groups is 2. The minimum Gasteiger partial charge on any atom is -0.463 e. The number of imidazole rings is 2. The lowest BCUT2D eigenvalue weighted by atomic mass is 10.3. The summed E-state index contributed by atoms with van der Waals surface area (Å²) in [4.78, 5) is 35.2. The minimum absolute atomic E-state index is 0.244. The fourth-order valence-electron chi connectivity index (χ4n) is 3.45. The summed E-state index contributed by atoms with van der Waals surface area (Å²) in [7, 11) is 3.80. The van der Waals surface area contributed by atoms with Crippen molar-refractivity contribution in [1.29, 1.82) is 0 Å². The Kier molecular flexibility index (Phi) is 10.8. The quantitative estimate of drug-likeness (QED) is 0.108. The maximum absolute atomic E-state index is 12.1. The third kappa shape index (κ3) is 8.75. The molecule has 8 nitrogen and oxygen atoms in total. The minimum atomic E-state index is -0.431. The number of hydrogen-bond acceptors (Lipinski definition) is 8. The van der Waals surface area contributed by atoms with E-state index in [1.165, 1.54) is 12.2 Å². The van der Waals surface area contributed by atoms with Crippen molar-refractivity contribution in [3.8, 4) is 0 Å². The molecule has 4 aromatic rings. The Bertz CT molecular complexity index is 1350. The second-order valence-corrected chi connectivity index (χ2v) is 10.7. The van der Waals surface area contributed by atoms with Crippen LogP contribution < -0.4 is 0 Å². The average Bonchev–Trinajstić information content (AvgIpc) is 3.50. The molecule has 2 heterocycles. The maximum atomic E-state index is 12.1. The van der Waals surface area contributed by atoms with Crippen molar-refractivity contribution >= 4 is 47.6 Å². The van der Waals surface area contributed by atoms with Crippen LogP contribution in [-0.4, -0.2) is 44.3 Å². The van der Waals surface area contributed by atoms with Crippen LogP contribution in [0.4, 0.5) is 0 Å². The standard InChI is InChI=1S/C30H30N4O4S2/c1-33-23(21-31-29(33)39-25-11-5-3-6-12-25)15-17-27(35)37-19-9-10-20-38-28(36)18-16-24-22-32-30(34(24)2)40-26-13-7-4-8-14-26/h3-8,11-18,21-22H,9-10,19-20H2,1-2H3/b17-15+,18-16+. The van der Waals surface area contributed by atoms with Gasteiger partial charge in [0.2, 0.25) is 0 Å². The first kappa shape index (κ1) is 29.0. The molecule has 0 amide bonds. The topological polar surface area (TPSA) is 88.2 Å². The SMILES string of the molecule is Cn1c(/C=C/C(=O)OCCCCOC(=O)/C=C/c2cnc(Sc3ccccc3)n2C)cnc1Sc1ccccc1. The highest BCUT2D eigenvalue weighted by atomic mass is 32.2. The Labute approximate surface area is 242 Å². The maximum Gasteiger partial charge on any atom is 0.330 e. The number of rotatable bonds is 13. The predicted molar refractivity (Wildman–Crippen MR) is 157 cm³/mol. The van der Waals surface area contributed by atoms with Crippen LogP contribution in [0.3, 0.4) is 0 Å². The lowest BCUT2D eigenvalue weighted by molar-refractivity contribution is -0.140. The van der Waals surface area contributed by atoms with Crippen molar-refractivity contribution in [1.82, 2.24) is 19.1 Å². The first-order valence-corrected chi connectivity index (χ1v) is 14.3. The molecular formula is C30H30N4O4S2. The Balaban J connectivity index is 1.11. The van der Waals surface area contributed by atoms with Crippen molar-refractivity contribution in [3.05, 3.63) is 96.6 Å². The second kappa shape index (κ2) is 14.9. The van der Waals surface area contributed by atoms with Crippen LogP contribution >= 0.6 is 23.5 Å². The molecule has 0 atom stereocenters. The third-order valence-corrected chi connectivity index (χ3v) is 7.81. The molecule has 0 radical (unpaired) electrons. The summed E-state index contributed by atoms with van der Waals surface area (Å²) in [6.07, 6.45) is 10.8. The number of aromatic nitrogens is 4. The van der Waals surface area contributed by atoms with Gasteiger partial charge in [0.05, 0.1) is 37.0 Å². The zero-order chi connectivity index (χ0) is 28.2. The van der Waals surface area contributed by atoms with Crippen molar-refractivity contribution < 1.29 is 19.1 Å². The van der Waals surface area contributed by atoms with Gasteiger partial charge >= 0.3 is 11.9 Å². The molecule has 0 saturated carbocycles. The summed E-state index contributed by atoms with van der Waals surface area (Å²) >= 11 is 3.11. The molecule has 0 unspecified atom stereocenters. The molecule has 0 saturated heterocycles. The average molecular weight is 575 g/mol. The number of esters is 2. The van der Waals surface area contributed by atoms with E-state index in [2.05, 4.69) is 9.97 Å². The molecule has 2 aromatic carbocycles. The Morgan fingerprint density at radius 2 is 1.10 bits per heavy atom. The molecule has 0 spiro atoms. The number of unbranched alkanes of at least 4 members (excludes halogenated alkanes) is 1. The van der Waals surface area contributed by atoms with Gasteiger partial charge in [0.25, 0.3) is 0 Å². The van der Waals surface area contributed by atoms with Crippen LogP contribution in [0.5, 0.6) is 0 Å². The van der Waals surface area contributed by atoms with Gasteiger partial charge in [-0.05, 0) is 49.3 Å². The van der Waals surface area contributed by atoms with E-state index in [0.29, 0.717) is 12.8 Å². The molecule has 0 N–H and O–H groups in total. The van der Waals surface area contributed by atoms with E-state index in [0.717, 1.165) is 31.5 Å². The van der Waals surface area contributed by atoms with Gasteiger partial charge in [-0.1, -0.05) is 59.9 Å². The summed E-state index contributed by atoms with van der Waals surface area (Å²) in [5.41, 5.74) is 1.60. The molecule has 0 bridgehead atoms. The number of benzene rings is 2. The molecule has 0 aliphatic heterocycles. The van der Waals surface area contributed by atoms with Crippen LogP contribution in [-0.2, 0) is 33.2 Å². The normalized spacial score (nSPS) is 11.3. The molecule has 0 aliphatic carbocycles. The van der Waals surface area contributed by atoms with Crippen LogP contribution in [0.2, 0.25) is 0 Å². The molecular weight excluding hydrogens is 544 g/mol. The smallest absolute Gasteiger partial charge is 0.330 e.